The molecule has 190 valence electrons. The van der Waals surface area contributed by atoms with Crippen LogP contribution in [-0.2, 0) is 0 Å². The van der Waals surface area contributed by atoms with E-state index in [9.17, 15) is 4.79 Å². The third-order valence-electron chi connectivity index (χ3n) is 7.56. The van der Waals surface area contributed by atoms with Gasteiger partial charge in [-0.2, -0.15) is 0 Å². The summed E-state index contributed by atoms with van der Waals surface area (Å²) in [6, 6.07) is 32.1. The molecule has 5 aromatic carbocycles. The lowest BCUT2D eigenvalue weighted by molar-refractivity contribution is 1.19. The predicted octanol–water partition coefficient (Wildman–Crippen LogP) is 9.33. The van der Waals surface area contributed by atoms with E-state index in [1.54, 1.807) is 10.5 Å². The zero-order chi connectivity index (χ0) is 27.4. The first kappa shape index (κ1) is 24.1. The van der Waals surface area contributed by atoms with E-state index in [1.165, 1.54) is 0 Å². The third kappa shape index (κ3) is 3.52. The molecular formula is C36H23ClN2O. The monoisotopic (exact) mass is 534 g/mol. The number of benzene rings is 5. The molecule has 7 aromatic rings. The first-order valence-electron chi connectivity index (χ1n) is 13.0. The van der Waals surface area contributed by atoms with Crippen LogP contribution >= 0.6 is 11.6 Å². The smallest absolute Gasteiger partial charge is 0.264 e. The minimum atomic E-state index is -0.118. The van der Waals surface area contributed by atoms with E-state index in [1.807, 2.05) is 66.7 Å². The Labute approximate surface area is 236 Å². The topological polar surface area (TPSA) is 34.4 Å². The quantitative estimate of drug-likeness (QED) is 0.206. The summed E-state index contributed by atoms with van der Waals surface area (Å²) >= 11 is 6.83. The van der Waals surface area contributed by atoms with Crippen molar-refractivity contribution < 1.29 is 0 Å². The van der Waals surface area contributed by atoms with Crippen LogP contribution in [0.3, 0.4) is 0 Å². The van der Waals surface area contributed by atoms with Crippen molar-refractivity contribution in [2.45, 2.75) is 0 Å². The van der Waals surface area contributed by atoms with Gasteiger partial charge < -0.3 is 0 Å². The number of nitrogens with zero attached hydrogens (tertiary/aromatic N) is 2. The third-order valence-corrected chi connectivity index (χ3v) is 7.87. The number of pyridine rings is 1. The maximum Gasteiger partial charge on any atom is 0.264 e. The Hall–Kier alpha value is -4.99. The normalized spacial score (nSPS) is 12.1. The van der Waals surface area contributed by atoms with Crippen LogP contribution < -0.4 is 5.56 Å². The van der Waals surface area contributed by atoms with E-state index in [4.69, 9.17) is 16.6 Å². The Bertz CT molecular complexity index is 2210. The standard InChI is InChI=1S/C36H23ClN2O/c1-3-11-22(4-2)25-20-29(24-14-9-6-10-15-24)34-31(21-25)38-35-27-17-16-26(23-12-7-5-8-13-23)33-30(37)19-18-28(32(27)33)36(40)39(34)35/h3-21H,1-2H2. The zero-order valence-electron chi connectivity index (χ0n) is 21.6. The second-order valence-electron chi connectivity index (χ2n) is 9.77. The van der Waals surface area contributed by atoms with Gasteiger partial charge in [0, 0.05) is 32.1 Å². The minimum Gasteiger partial charge on any atom is -0.268 e. The van der Waals surface area contributed by atoms with Gasteiger partial charge in [-0.05, 0) is 58.2 Å². The van der Waals surface area contributed by atoms with Gasteiger partial charge in [0.05, 0.1) is 11.0 Å². The van der Waals surface area contributed by atoms with E-state index in [-0.39, 0.29) is 5.56 Å². The Morgan fingerprint density at radius 2 is 1.45 bits per heavy atom. The highest BCUT2D eigenvalue weighted by molar-refractivity contribution is 6.39. The summed E-state index contributed by atoms with van der Waals surface area (Å²) < 4.78 is 1.76. The number of rotatable bonds is 5. The van der Waals surface area contributed by atoms with E-state index < -0.39 is 0 Å². The molecule has 0 bridgehead atoms. The fraction of sp³-hybridized carbons (Fsp3) is 0. The Balaban J connectivity index is 1.68. The van der Waals surface area contributed by atoms with Gasteiger partial charge in [0.15, 0.2) is 0 Å². The van der Waals surface area contributed by atoms with Gasteiger partial charge in [0.1, 0.15) is 5.65 Å². The highest BCUT2D eigenvalue weighted by Crippen LogP contribution is 2.41. The molecule has 0 atom stereocenters. The largest absolute Gasteiger partial charge is 0.268 e. The molecule has 0 aliphatic rings. The second kappa shape index (κ2) is 9.33. The van der Waals surface area contributed by atoms with Gasteiger partial charge in [-0.25, -0.2) is 4.98 Å². The highest BCUT2D eigenvalue weighted by Gasteiger charge is 2.22. The van der Waals surface area contributed by atoms with E-state index in [0.717, 1.165) is 60.6 Å². The van der Waals surface area contributed by atoms with Crippen molar-refractivity contribution >= 4 is 55.4 Å². The molecule has 2 aromatic heterocycles. The van der Waals surface area contributed by atoms with Crippen molar-refractivity contribution in [3.8, 4) is 22.3 Å². The minimum absolute atomic E-state index is 0.118. The van der Waals surface area contributed by atoms with E-state index in [0.29, 0.717) is 16.1 Å². The van der Waals surface area contributed by atoms with Gasteiger partial charge in [-0.3, -0.25) is 9.20 Å². The number of fused-ring (bicyclic) bond motifs is 4. The number of hydrogen-bond acceptors (Lipinski definition) is 2. The van der Waals surface area contributed by atoms with Crippen LogP contribution in [0.1, 0.15) is 5.56 Å². The lowest BCUT2D eigenvalue weighted by atomic mass is 9.94. The summed E-state index contributed by atoms with van der Waals surface area (Å²) in [6.45, 7) is 7.86. The van der Waals surface area contributed by atoms with Crippen LogP contribution in [0.25, 0.3) is 66.1 Å². The summed E-state index contributed by atoms with van der Waals surface area (Å²) in [4.78, 5) is 19.4. The fourth-order valence-electron chi connectivity index (χ4n) is 5.80. The van der Waals surface area contributed by atoms with Crippen molar-refractivity contribution in [2.75, 3.05) is 0 Å². The summed E-state index contributed by atoms with van der Waals surface area (Å²) in [6.07, 6.45) is 5.48. The summed E-state index contributed by atoms with van der Waals surface area (Å²) in [5.74, 6) is 0. The number of allylic oxidation sites excluding steroid dienone is 4. The first-order valence-corrected chi connectivity index (χ1v) is 13.4. The summed E-state index contributed by atoms with van der Waals surface area (Å²) in [5, 5.41) is 3.80. The summed E-state index contributed by atoms with van der Waals surface area (Å²) in [5.41, 5.74) is 7.83. The van der Waals surface area contributed by atoms with E-state index in [2.05, 4.69) is 55.6 Å². The fourth-order valence-corrected chi connectivity index (χ4v) is 6.06. The molecule has 0 unspecified atom stereocenters. The highest BCUT2D eigenvalue weighted by atomic mass is 35.5. The maximum absolute atomic E-state index is 14.3. The van der Waals surface area contributed by atoms with Crippen LogP contribution in [0.4, 0.5) is 0 Å². The number of aromatic nitrogens is 2. The van der Waals surface area contributed by atoms with Crippen LogP contribution in [0.15, 0.2) is 133 Å². The van der Waals surface area contributed by atoms with Gasteiger partial charge in [0.2, 0.25) is 0 Å². The molecule has 0 fully saturated rings. The predicted molar refractivity (Wildman–Crippen MR) is 169 cm³/mol. The number of hydrogen-bond donors (Lipinski definition) is 0. The van der Waals surface area contributed by atoms with Gasteiger partial charge in [0.25, 0.3) is 5.56 Å². The first-order chi connectivity index (χ1) is 19.6. The summed E-state index contributed by atoms with van der Waals surface area (Å²) in [7, 11) is 0. The molecule has 0 saturated carbocycles. The van der Waals surface area contributed by atoms with Crippen molar-refractivity contribution in [3.05, 3.63) is 149 Å². The molecule has 0 aliphatic heterocycles. The lowest BCUT2D eigenvalue weighted by Crippen LogP contribution is -2.14. The molecule has 40 heavy (non-hydrogen) atoms. The second-order valence-corrected chi connectivity index (χ2v) is 10.2. The average molecular weight is 535 g/mol. The molecule has 0 aliphatic carbocycles. The van der Waals surface area contributed by atoms with Crippen LogP contribution in [-0.4, -0.2) is 9.38 Å². The molecular weight excluding hydrogens is 512 g/mol. The molecule has 2 heterocycles. The molecule has 7 rings (SSSR count). The average Bonchev–Trinajstić information content (AvgIpc) is 3.39. The number of imidazole rings is 1. The Morgan fingerprint density at radius 3 is 2.12 bits per heavy atom. The lowest BCUT2D eigenvalue weighted by Gasteiger charge is -2.14. The van der Waals surface area contributed by atoms with Crippen LogP contribution in [0.2, 0.25) is 5.02 Å². The molecule has 0 saturated heterocycles. The Kier molecular flexibility index (Phi) is 5.62. The molecule has 0 radical (unpaired) electrons. The number of halogens is 1. The SMILES string of the molecule is C=CC=C(C=C)c1cc(-c2ccccc2)c2c(c1)nc1c3ccc(-c4ccccc4)c4c(Cl)ccc(c(=O)n12)c43. The van der Waals surface area contributed by atoms with Crippen molar-refractivity contribution in [1.29, 1.82) is 0 Å². The molecule has 0 amide bonds. The van der Waals surface area contributed by atoms with Gasteiger partial charge in [-0.15, -0.1) is 0 Å². The van der Waals surface area contributed by atoms with Crippen molar-refractivity contribution in [1.82, 2.24) is 9.38 Å². The molecule has 3 nitrogen and oxygen atoms in total. The van der Waals surface area contributed by atoms with Crippen LogP contribution in [0.5, 0.6) is 0 Å². The van der Waals surface area contributed by atoms with Gasteiger partial charge >= 0.3 is 0 Å². The van der Waals surface area contributed by atoms with E-state index >= 15 is 0 Å². The molecule has 4 heteroatoms. The van der Waals surface area contributed by atoms with Crippen LogP contribution in [0, 0.1) is 0 Å². The van der Waals surface area contributed by atoms with Gasteiger partial charge in [-0.1, -0.05) is 110 Å². The van der Waals surface area contributed by atoms with Crippen molar-refractivity contribution in [3.63, 3.8) is 0 Å². The molecule has 0 N–H and O–H groups in total. The van der Waals surface area contributed by atoms with Crippen molar-refractivity contribution in [2.24, 2.45) is 0 Å². The maximum atomic E-state index is 14.3. The Morgan fingerprint density at radius 1 is 0.775 bits per heavy atom. The zero-order valence-corrected chi connectivity index (χ0v) is 22.3. The molecule has 0 spiro atoms.